The summed E-state index contributed by atoms with van der Waals surface area (Å²) in [5.41, 5.74) is 3.02. The van der Waals surface area contributed by atoms with Gasteiger partial charge in [0.2, 0.25) is 0 Å². The second-order valence-electron chi connectivity index (χ2n) is 3.81. The Labute approximate surface area is 90.9 Å². The molecule has 0 amide bonds. The van der Waals surface area contributed by atoms with Crippen molar-refractivity contribution >= 4 is 27.4 Å². The monoisotopic (exact) mass is 208 g/mol. The molecular formula is C13H8N2O. The third kappa shape index (κ3) is 0.810. The Kier molecular flexibility index (Phi) is 1.31. The van der Waals surface area contributed by atoms with Gasteiger partial charge in [0.05, 0.1) is 18.0 Å². The zero-order valence-electron chi connectivity index (χ0n) is 8.42. The van der Waals surface area contributed by atoms with Gasteiger partial charge in [-0.15, -0.1) is 0 Å². The van der Waals surface area contributed by atoms with Crippen LogP contribution in [0.5, 0.6) is 0 Å². The summed E-state index contributed by atoms with van der Waals surface area (Å²) in [6.07, 6.45) is 3.52. The molecule has 0 bridgehead atoms. The average Bonchev–Trinajstić information content (AvgIpc) is 2.98. The summed E-state index contributed by atoms with van der Waals surface area (Å²) in [4.78, 5) is 0. The lowest BCUT2D eigenvalue weighted by molar-refractivity contribution is 0.618. The van der Waals surface area contributed by atoms with E-state index in [-0.39, 0.29) is 0 Å². The molecule has 0 unspecified atom stereocenters. The normalized spacial score (nSPS) is 11.8. The average molecular weight is 208 g/mol. The minimum atomic E-state index is 0.895. The van der Waals surface area contributed by atoms with E-state index in [2.05, 4.69) is 17.2 Å². The van der Waals surface area contributed by atoms with E-state index in [4.69, 9.17) is 4.42 Å². The first-order chi connectivity index (χ1) is 7.95. The van der Waals surface area contributed by atoms with Gasteiger partial charge in [0.15, 0.2) is 5.58 Å². The Balaban J connectivity index is 2.51. The number of hydrogen-bond acceptors (Lipinski definition) is 2. The van der Waals surface area contributed by atoms with Crippen LogP contribution < -0.4 is 0 Å². The van der Waals surface area contributed by atoms with Crippen LogP contribution in [0.4, 0.5) is 0 Å². The van der Waals surface area contributed by atoms with Gasteiger partial charge in [0.1, 0.15) is 5.52 Å². The van der Waals surface area contributed by atoms with Gasteiger partial charge >= 0.3 is 0 Å². The van der Waals surface area contributed by atoms with E-state index in [0.29, 0.717) is 0 Å². The van der Waals surface area contributed by atoms with Crippen LogP contribution in [0.15, 0.2) is 53.3 Å². The molecule has 4 aromatic rings. The maximum absolute atomic E-state index is 5.55. The first kappa shape index (κ1) is 7.93. The molecule has 3 heterocycles. The summed E-state index contributed by atoms with van der Waals surface area (Å²) in [6.45, 7) is 0. The minimum Gasteiger partial charge on any atom is -0.462 e. The fourth-order valence-corrected chi connectivity index (χ4v) is 2.27. The van der Waals surface area contributed by atoms with Crippen LogP contribution in [0.2, 0.25) is 0 Å². The van der Waals surface area contributed by atoms with E-state index in [9.17, 15) is 0 Å². The van der Waals surface area contributed by atoms with Crippen molar-refractivity contribution in [3.05, 3.63) is 48.9 Å². The van der Waals surface area contributed by atoms with Crippen LogP contribution in [0.3, 0.4) is 0 Å². The molecule has 0 N–H and O–H groups in total. The molecule has 0 aliphatic carbocycles. The lowest BCUT2D eigenvalue weighted by atomic mass is 10.1. The largest absolute Gasteiger partial charge is 0.462 e. The summed E-state index contributed by atoms with van der Waals surface area (Å²) >= 11 is 0. The Morgan fingerprint density at radius 3 is 2.75 bits per heavy atom. The van der Waals surface area contributed by atoms with Crippen LogP contribution in [-0.4, -0.2) is 9.61 Å². The Morgan fingerprint density at radius 2 is 1.81 bits per heavy atom. The van der Waals surface area contributed by atoms with E-state index in [1.54, 1.807) is 6.26 Å². The van der Waals surface area contributed by atoms with Gasteiger partial charge in [-0.25, -0.2) is 4.52 Å². The molecule has 1 aromatic carbocycles. The van der Waals surface area contributed by atoms with Crippen LogP contribution in [-0.2, 0) is 0 Å². The van der Waals surface area contributed by atoms with Gasteiger partial charge < -0.3 is 4.42 Å². The molecule has 0 saturated carbocycles. The SMILES string of the molecule is c1ccc2c(c1)c1occc1n1nccc21. The van der Waals surface area contributed by atoms with Gasteiger partial charge in [-0.3, -0.25) is 0 Å². The smallest absolute Gasteiger partial charge is 0.160 e. The predicted molar refractivity (Wildman–Crippen MR) is 62.5 cm³/mol. The van der Waals surface area contributed by atoms with E-state index in [0.717, 1.165) is 22.0 Å². The zero-order valence-corrected chi connectivity index (χ0v) is 8.42. The maximum atomic E-state index is 5.55. The summed E-state index contributed by atoms with van der Waals surface area (Å²) in [7, 11) is 0. The van der Waals surface area contributed by atoms with Crippen molar-refractivity contribution in [3.63, 3.8) is 0 Å². The highest BCUT2D eigenvalue weighted by atomic mass is 16.3. The predicted octanol–water partition coefficient (Wildman–Crippen LogP) is 3.23. The molecule has 4 rings (SSSR count). The quantitative estimate of drug-likeness (QED) is 0.444. The lowest BCUT2D eigenvalue weighted by Crippen LogP contribution is -1.89. The van der Waals surface area contributed by atoms with Gasteiger partial charge in [0.25, 0.3) is 0 Å². The van der Waals surface area contributed by atoms with Crippen molar-refractivity contribution in [1.29, 1.82) is 0 Å². The van der Waals surface area contributed by atoms with Crippen LogP contribution in [0.1, 0.15) is 0 Å². The lowest BCUT2D eigenvalue weighted by Gasteiger charge is -2.02. The highest BCUT2D eigenvalue weighted by Gasteiger charge is 2.10. The Morgan fingerprint density at radius 1 is 0.938 bits per heavy atom. The van der Waals surface area contributed by atoms with Crippen molar-refractivity contribution in [2.75, 3.05) is 0 Å². The molecule has 3 heteroatoms. The van der Waals surface area contributed by atoms with Gasteiger partial charge in [-0.05, 0) is 6.07 Å². The molecule has 0 atom stereocenters. The van der Waals surface area contributed by atoms with Crippen LogP contribution in [0, 0.1) is 0 Å². The number of aromatic nitrogens is 2. The van der Waals surface area contributed by atoms with E-state index in [1.165, 1.54) is 5.39 Å². The van der Waals surface area contributed by atoms with Crippen molar-refractivity contribution in [2.24, 2.45) is 0 Å². The molecular weight excluding hydrogens is 200 g/mol. The fourth-order valence-electron chi connectivity index (χ4n) is 2.27. The highest BCUT2D eigenvalue weighted by Crippen LogP contribution is 2.29. The molecule has 0 radical (unpaired) electrons. The van der Waals surface area contributed by atoms with Crippen molar-refractivity contribution in [2.45, 2.75) is 0 Å². The summed E-state index contributed by atoms with van der Waals surface area (Å²) < 4.78 is 7.47. The molecule has 16 heavy (non-hydrogen) atoms. The maximum Gasteiger partial charge on any atom is 0.160 e. The highest BCUT2D eigenvalue weighted by molar-refractivity contribution is 6.09. The number of pyridine rings is 1. The summed E-state index contributed by atoms with van der Waals surface area (Å²) in [5, 5.41) is 6.63. The first-order valence-corrected chi connectivity index (χ1v) is 5.17. The molecule has 76 valence electrons. The molecule has 0 fully saturated rings. The second-order valence-corrected chi connectivity index (χ2v) is 3.81. The standard InChI is InChI=1S/C13H8N2O/c1-2-4-10-9(3-1)11-5-7-14-15(11)12-6-8-16-13(10)12/h1-8H. The number of hydrogen-bond donors (Lipinski definition) is 0. The third-order valence-electron chi connectivity index (χ3n) is 2.96. The molecule has 0 saturated heterocycles. The molecule has 0 aliphatic rings. The van der Waals surface area contributed by atoms with Crippen molar-refractivity contribution in [1.82, 2.24) is 9.61 Å². The molecule has 0 aliphatic heterocycles. The van der Waals surface area contributed by atoms with E-state index >= 15 is 0 Å². The second kappa shape index (κ2) is 2.64. The van der Waals surface area contributed by atoms with Gasteiger partial charge in [0, 0.05) is 16.8 Å². The summed E-state index contributed by atoms with van der Waals surface area (Å²) in [5.74, 6) is 0. The molecule has 3 nitrogen and oxygen atoms in total. The fraction of sp³-hybridized carbons (Fsp3) is 0. The first-order valence-electron chi connectivity index (χ1n) is 5.17. The number of furan rings is 1. The number of fused-ring (bicyclic) bond motifs is 6. The Bertz CT molecular complexity index is 741. The van der Waals surface area contributed by atoms with Crippen molar-refractivity contribution in [3.8, 4) is 0 Å². The minimum absolute atomic E-state index is 0.895. The number of nitrogens with zero attached hydrogens (tertiary/aromatic N) is 2. The Hall–Kier alpha value is -2.29. The zero-order chi connectivity index (χ0) is 10.5. The van der Waals surface area contributed by atoms with E-state index in [1.807, 2.05) is 35.0 Å². The number of rotatable bonds is 0. The van der Waals surface area contributed by atoms with Gasteiger partial charge in [-0.1, -0.05) is 24.3 Å². The van der Waals surface area contributed by atoms with Gasteiger partial charge in [-0.2, -0.15) is 5.10 Å². The van der Waals surface area contributed by atoms with Crippen LogP contribution in [0.25, 0.3) is 27.4 Å². The van der Waals surface area contributed by atoms with Crippen LogP contribution >= 0.6 is 0 Å². The molecule has 3 aromatic heterocycles. The number of benzene rings is 1. The molecule has 0 spiro atoms. The summed E-state index contributed by atoms with van der Waals surface area (Å²) in [6, 6.07) is 12.2. The van der Waals surface area contributed by atoms with E-state index < -0.39 is 0 Å². The third-order valence-corrected chi connectivity index (χ3v) is 2.96. The van der Waals surface area contributed by atoms with Crippen molar-refractivity contribution < 1.29 is 4.42 Å². The topological polar surface area (TPSA) is 30.4 Å².